The quantitative estimate of drug-likeness (QED) is 0.436. The van der Waals surface area contributed by atoms with Crippen LogP contribution in [-0.2, 0) is 9.53 Å². The number of hydrogen-bond donors (Lipinski definition) is 1. The summed E-state index contributed by atoms with van der Waals surface area (Å²) in [4.78, 5) is 10.5. The summed E-state index contributed by atoms with van der Waals surface area (Å²) in [7, 11) is 0. The Kier molecular flexibility index (Phi) is 1.94. The molecule has 0 aromatic heterocycles. The Morgan fingerprint density at radius 3 is 2.40 bits per heavy atom. The van der Waals surface area contributed by atoms with Crippen molar-refractivity contribution in [2.24, 2.45) is 5.73 Å². The molecule has 10 heavy (non-hydrogen) atoms. The summed E-state index contributed by atoms with van der Waals surface area (Å²) >= 11 is 0. The van der Waals surface area contributed by atoms with Crippen molar-refractivity contribution in [2.75, 3.05) is 0 Å². The summed E-state index contributed by atoms with van der Waals surface area (Å²) in [5.41, 5.74) is 5.08. The second-order valence-corrected chi connectivity index (χ2v) is 2.87. The van der Waals surface area contributed by atoms with E-state index in [0.717, 1.165) is 25.7 Å². The van der Waals surface area contributed by atoms with E-state index in [-0.39, 0.29) is 5.97 Å². The van der Waals surface area contributed by atoms with E-state index in [1.807, 2.05) is 0 Å². The summed E-state index contributed by atoms with van der Waals surface area (Å²) in [5, 5.41) is 0. The zero-order valence-corrected chi connectivity index (χ0v) is 6.22. The molecule has 0 heterocycles. The molecule has 1 rings (SSSR count). The molecule has 1 fully saturated rings. The van der Waals surface area contributed by atoms with Gasteiger partial charge < -0.3 is 4.74 Å². The van der Waals surface area contributed by atoms with Crippen LogP contribution in [0.3, 0.4) is 0 Å². The maximum Gasteiger partial charge on any atom is 0.304 e. The molecule has 1 aliphatic carbocycles. The minimum atomic E-state index is -0.633. The Balaban J connectivity index is 2.43. The van der Waals surface area contributed by atoms with Crippen molar-refractivity contribution in [1.82, 2.24) is 0 Å². The van der Waals surface area contributed by atoms with Crippen LogP contribution in [0.5, 0.6) is 0 Å². The fourth-order valence-corrected chi connectivity index (χ4v) is 1.36. The van der Waals surface area contributed by atoms with Gasteiger partial charge in [-0.1, -0.05) is 0 Å². The zero-order valence-electron chi connectivity index (χ0n) is 6.22. The first-order chi connectivity index (χ1) is 4.62. The molecule has 1 aliphatic rings. The van der Waals surface area contributed by atoms with Gasteiger partial charge in [0.1, 0.15) is 0 Å². The molecule has 3 nitrogen and oxygen atoms in total. The predicted molar refractivity (Wildman–Crippen MR) is 37.2 cm³/mol. The zero-order chi connectivity index (χ0) is 7.61. The van der Waals surface area contributed by atoms with Gasteiger partial charge in [0.15, 0.2) is 5.72 Å². The summed E-state index contributed by atoms with van der Waals surface area (Å²) in [5.74, 6) is -0.274. The van der Waals surface area contributed by atoms with E-state index >= 15 is 0 Å². The maximum absolute atomic E-state index is 10.5. The second kappa shape index (κ2) is 2.58. The summed E-state index contributed by atoms with van der Waals surface area (Å²) < 4.78 is 4.94. The van der Waals surface area contributed by atoms with Gasteiger partial charge in [-0.3, -0.25) is 10.5 Å². The van der Waals surface area contributed by atoms with Crippen molar-refractivity contribution in [3.8, 4) is 0 Å². The number of esters is 1. The van der Waals surface area contributed by atoms with Gasteiger partial charge in [0, 0.05) is 19.8 Å². The average Bonchev–Trinajstić information content (AvgIpc) is 2.12. The van der Waals surface area contributed by atoms with Crippen LogP contribution in [0.15, 0.2) is 0 Å². The van der Waals surface area contributed by atoms with Gasteiger partial charge in [-0.25, -0.2) is 0 Å². The molecule has 2 N–H and O–H groups in total. The lowest BCUT2D eigenvalue weighted by molar-refractivity contribution is -0.155. The van der Waals surface area contributed by atoms with Crippen LogP contribution in [0.25, 0.3) is 0 Å². The fraction of sp³-hybridized carbons (Fsp3) is 0.857. The third-order valence-electron chi connectivity index (χ3n) is 1.80. The molecule has 0 bridgehead atoms. The predicted octanol–water partition coefficient (Wildman–Crippen LogP) is 0.778. The Bertz CT molecular complexity index is 139. The van der Waals surface area contributed by atoms with Crippen LogP contribution in [-0.4, -0.2) is 11.7 Å². The first-order valence-corrected chi connectivity index (χ1v) is 3.61. The van der Waals surface area contributed by atoms with E-state index < -0.39 is 5.72 Å². The van der Waals surface area contributed by atoms with Crippen LogP contribution in [0.2, 0.25) is 0 Å². The van der Waals surface area contributed by atoms with Crippen LogP contribution in [0.4, 0.5) is 0 Å². The lowest BCUT2D eigenvalue weighted by Crippen LogP contribution is -2.40. The van der Waals surface area contributed by atoms with Gasteiger partial charge in [0.2, 0.25) is 0 Å². The molecular formula is C7H13NO2. The molecule has 0 saturated heterocycles. The molecule has 58 valence electrons. The third kappa shape index (κ3) is 1.70. The maximum atomic E-state index is 10.5. The number of hydrogen-bond acceptors (Lipinski definition) is 3. The Morgan fingerprint density at radius 2 is 2.00 bits per heavy atom. The Labute approximate surface area is 60.5 Å². The van der Waals surface area contributed by atoms with E-state index in [9.17, 15) is 4.79 Å². The molecule has 0 atom stereocenters. The van der Waals surface area contributed by atoms with Crippen LogP contribution >= 0.6 is 0 Å². The van der Waals surface area contributed by atoms with E-state index in [1.54, 1.807) is 0 Å². The highest BCUT2D eigenvalue weighted by molar-refractivity contribution is 5.66. The number of ether oxygens (including phenoxy) is 1. The molecule has 0 spiro atoms. The number of nitrogens with two attached hydrogens (primary N) is 1. The van der Waals surface area contributed by atoms with Gasteiger partial charge in [0.05, 0.1) is 0 Å². The molecule has 1 saturated carbocycles. The largest absolute Gasteiger partial charge is 0.444 e. The normalized spacial score (nSPS) is 22.6. The molecule has 0 amide bonds. The highest BCUT2D eigenvalue weighted by Gasteiger charge is 2.31. The van der Waals surface area contributed by atoms with Gasteiger partial charge in [-0.05, 0) is 12.8 Å². The number of carbonyl (C=O) groups is 1. The number of rotatable bonds is 1. The molecule has 3 heteroatoms. The van der Waals surface area contributed by atoms with Gasteiger partial charge in [-0.2, -0.15) is 0 Å². The highest BCUT2D eigenvalue weighted by atomic mass is 16.6. The Morgan fingerprint density at radius 1 is 1.50 bits per heavy atom. The molecule has 0 aliphatic heterocycles. The molecule has 0 radical (unpaired) electrons. The minimum absolute atomic E-state index is 0.274. The van der Waals surface area contributed by atoms with Gasteiger partial charge in [0.25, 0.3) is 0 Å². The van der Waals surface area contributed by atoms with Crippen molar-refractivity contribution < 1.29 is 9.53 Å². The smallest absolute Gasteiger partial charge is 0.304 e. The second-order valence-electron chi connectivity index (χ2n) is 2.87. The van der Waals surface area contributed by atoms with E-state index in [4.69, 9.17) is 10.5 Å². The SMILES string of the molecule is CC(=O)OC1(N)CCCC1. The van der Waals surface area contributed by atoms with E-state index in [0.29, 0.717) is 0 Å². The monoisotopic (exact) mass is 143 g/mol. The van der Waals surface area contributed by atoms with Gasteiger partial charge >= 0.3 is 5.97 Å². The van der Waals surface area contributed by atoms with Crippen molar-refractivity contribution in [3.63, 3.8) is 0 Å². The summed E-state index contributed by atoms with van der Waals surface area (Å²) in [6.07, 6.45) is 3.77. The average molecular weight is 143 g/mol. The van der Waals surface area contributed by atoms with Crippen LogP contribution in [0.1, 0.15) is 32.6 Å². The van der Waals surface area contributed by atoms with Crippen molar-refractivity contribution >= 4 is 5.97 Å². The first-order valence-electron chi connectivity index (χ1n) is 3.61. The van der Waals surface area contributed by atoms with Crippen molar-refractivity contribution in [1.29, 1.82) is 0 Å². The van der Waals surface area contributed by atoms with Gasteiger partial charge in [-0.15, -0.1) is 0 Å². The number of carbonyl (C=O) groups excluding carboxylic acids is 1. The molecule has 0 unspecified atom stereocenters. The first kappa shape index (κ1) is 7.54. The topological polar surface area (TPSA) is 52.3 Å². The van der Waals surface area contributed by atoms with E-state index in [2.05, 4.69) is 0 Å². The highest BCUT2D eigenvalue weighted by Crippen LogP contribution is 2.27. The minimum Gasteiger partial charge on any atom is -0.444 e. The lowest BCUT2D eigenvalue weighted by Gasteiger charge is -2.22. The molecule has 0 aromatic rings. The lowest BCUT2D eigenvalue weighted by atomic mass is 10.2. The van der Waals surface area contributed by atoms with Crippen molar-refractivity contribution in [2.45, 2.75) is 38.3 Å². The van der Waals surface area contributed by atoms with Crippen molar-refractivity contribution in [3.05, 3.63) is 0 Å². The molecular weight excluding hydrogens is 130 g/mol. The van der Waals surface area contributed by atoms with E-state index in [1.165, 1.54) is 6.92 Å². The molecule has 0 aromatic carbocycles. The summed E-state index contributed by atoms with van der Waals surface area (Å²) in [6, 6.07) is 0. The Hall–Kier alpha value is -0.570. The summed E-state index contributed by atoms with van der Waals surface area (Å²) in [6.45, 7) is 1.40. The standard InChI is InChI=1S/C7H13NO2/c1-6(9)10-7(8)4-2-3-5-7/h2-5,8H2,1H3. The van der Waals surface area contributed by atoms with Crippen LogP contribution < -0.4 is 5.73 Å². The third-order valence-corrected chi connectivity index (χ3v) is 1.80. The van der Waals surface area contributed by atoms with Crippen LogP contribution in [0, 0.1) is 0 Å². The fourth-order valence-electron chi connectivity index (χ4n) is 1.36.